The second-order valence-electron chi connectivity index (χ2n) is 5.04. The molecule has 7 heteroatoms. The Bertz CT molecular complexity index is 338. The number of nitrogens with zero attached hydrogens (tertiary/aromatic N) is 2. The van der Waals surface area contributed by atoms with Crippen LogP contribution < -0.4 is 5.32 Å². The molecule has 0 aromatic carbocycles. The lowest BCUT2D eigenvalue weighted by molar-refractivity contribution is -0.141. The van der Waals surface area contributed by atoms with Crippen molar-refractivity contribution < 1.29 is 14.7 Å². The highest BCUT2D eigenvalue weighted by Crippen LogP contribution is 2.34. The number of amides is 2. The summed E-state index contributed by atoms with van der Waals surface area (Å²) < 4.78 is 0. The molecule has 19 heavy (non-hydrogen) atoms. The van der Waals surface area contributed by atoms with Crippen LogP contribution in [0.15, 0.2) is 0 Å². The minimum Gasteiger partial charge on any atom is -0.480 e. The molecular weight excluding hydrogens is 266 g/mol. The van der Waals surface area contributed by atoms with Crippen molar-refractivity contribution in [1.29, 1.82) is 0 Å². The molecular formula is C12H23N3O3S. The van der Waals surface area contributed by atoms with E-state index in [1.165, 1.54) is 4.90 Å². The van der Waals surface area contributed by atoms with Crippen LogP contribution in [0.1, 0.15) is 13.8 Å². The molecule has 1 heterocycles. The van der Waals surface area contributed by atoms with Gasteiger partial charge in [-0.3, -0.25) is 4.90 Å². The number of rotatable bonds is 5. The van der Waals surface area contributed by atoms with E-state index >= 15 is 0 Å². The Labute approximate surface area is 118 Å². The van der Waals surface area contributed by atoms with Gasteiger partial charge in [0, 0.05) is 25.9 Å². The maximum absolute atomic E-state index is 12.4. The summed E-state index contributed by atoms with van der Waals surface area (Å²) in [5, 5.41) is 12.2. The molecule has 0 saturated carbocycles. The zero-order valence-electron chi connectivity index (χ0n) is 11.9. The third-order valence-electron chi connectivity index (χ3n) is 3.13. The van der Waals surface area contributed by atoms with Crippen molar-refractivity contribution >= 4 is 23.8 Å². The van der Waals surface area contributed by atoms with Gasteiger partial charge in [0.1, 0.15) is 6.04 Å². The second-order valence-corrected chi connectivity index (χ2v) is 6.19. The number of carbonyl (C=O) groups excluding carboxylic acids is 1. The van der Waals surface area contributed by atoms with Gasteiger partial charge in [-0.1, -0.05) is 13.8 Å². The van der Waals surface area contributed by atoms with Gasteiger partial charge in [-0.05, 0) is 13.0 Å². The fraction of sp³-hybridized carbons (Fsp3) is 0.833. The number of hydrogen-bond acceptors (Lipinski definition) is 4. The van der Waals surface area contributed by atoms with Gasteiger partial charge in [0.15, 0.2) is 0 Å². The number of nitrogens with one attached hydrogen (secondary N) is 1. The number of urea groups is 1. The van der Waals surface area contributed by atoms with Crippen molar-refractivity contribution in [3.8, 4) is 0 Å². The summed E-state index contributed by atoms with van der Waals surface area (Å²) in [6.07, 6.45) is 0. The molecule has 1 saturated heterocycles. The van der Waals surface area contributed by atoms with Gasteiger partial charge in [0.05, 0.1) is 5.37 Å². The maximum atomic E-state index is 12.4. The van der Waals surface area contributed by atoms with Crippen molar-refractivity contribution in [1.82, 2.24) is 15.1 Å². The SMILES string of the molecule is CNCCN(C)C(=O)N1C(C(=O)O)CSC1C(C)C. The summed E-state index contributed by atoms with van der Waals surface area (Å²) in [6.45, 7) is 5.27. The summed E-state index contributed by atoms with van der Waals surface area (Å²) in [6, 6.07) is -0.923. The number of thioether (sulfide) groups is 1. The number of hydrogen-bond donors (Lipinski definition) is 2. The highest BCUT2D eigenvalue weighted by Gasteiger charge is 2.43. The second kappa shape index (κ2) is 7.00. The number of carboxylic acids is 1. The molecule has 1 aliphatic heterocycles. The van der Waals surface area contributed by atoms with Crippen LogP contribution in [0.25, 0.3) is 0 Å². The number of carbonyl (C=O) groups is 2. The molecule has 2 unspecified atom stereocenters. The molecule has 6 nitrogen and oxygen atoms in total. The molecule has 0 aromatic rings. The molecule has 1 rings (SSSR count). The average molecular weight is 289 g/mol. The zero-order valence-corrected chi connectivity index (χ0v) is 12.7. The molecule has 0 radical (unpaired) electrons. The Morgan fingerprint density at radius 1 is 1.53 bits per heavy atom. The fourth-order valence-corrected chi connectivity index (χ4v) is 3.51. The minimum atomic E-state index is -0.925. The summed E-state index contributed by atoms with van der Waals surface area (Å²) in [4.78, 5) is 26.8. The van der Waals surface area contributed by atoms with E-state index in [9.17, 15) is 14.7 Å². The van der Waals surface area contributed by atoms with E-state index in [1.54, 1.807) is 23.7 Å². The largest absolute Gasteiger partial charge is 0.480 e. The number of aliphatic carboxylic acids is 1. The summed E-state index contributed by atoms with van der Waals surface area (Å²) >= 11 is 1.55. The van der Waals surface area contributed by atoms with Crippen molar-refractivity contribution in [2.75, 3.05) is 32.9 Å². The first-order valence-corrected chi connectivity index (χ1v) is 7.47. The standard InChI is InChI=1S/C12H23N3O3S/c1-8(2)10-15(9(7-19-10)11(16)17)12(18)14(4)6-5-13-3/h8-10,13H,5-7H2,1-4H3,(H,16,17). The molecule has 110 valence electrons. The normalized spacial score (nSPS) is 22.9. The van der Waals surface area contributed by atoms with Gasteiger partial charge < -0.3 is 15.3 Å². The van der Waals surface area contributed by atoms with Crippen molar-refractivity contribution in [2.24, 2.45) is 5.92 Å². The van der Waals surface area contributed by atoms with E-state index < -0.39 is 12.0 Å². The zero-order chi connectivity index (χ0) is 14.6. The van der Waals surface area contributed by atoms with E-state index in [0.29, 0.717) is 18.8 Å². The Morgan fingerprint density at radius 2 is 2.16 bits per heavy atom. The lowest BCUT2D eigenvalue weighted by Crippen LogP contribution is -2.52. The minimum absolute atomic E-state index is 0.0642. The highest BCUT2D eigenvalue weighted by atomic mass is 32.2. The first-order chi connectivity index (χ1) is 8.90. The molecule has 2 N–H and O–H groups in total. The fourth-order valence-electron chi connectivity index (χ4n) is 2.05. The molecule has 0 aromatic heterocycles. The summed E-state index contributed by atoms with van der Waals surface area (Å²) in [5.41, 5.74) is 0. The third kappa shape index (κ3) is 3.76. The van der Waals surface area contributed by atoms with E-state index in [1.807, 2.05) is 20.9 Å². The van der Waals surface area contributed by atoms with Crippen molar-refractivity contribution in [3.05, 3.63) is 0 Å². The number of carboxylic acid groups (broad SMARTS) is 1. The van der Waals surface area contributed by atoms with Gasteiger partial charge in [-0.15, -0.1) is 11.8 Å². The smallest absolute Gasteiger partial charge is 0.327 e. The monoisotopic (exact) mass is 289 g/mol. The van der Waals surface area contributed by atoms with Crippen LogP contribution in [0.5, 0.6) is 0 Å². The summed E-state index contributed by atoms with van der Waals surface area (Å²) in [5.74, 6) is -0.230. The van der Waals surface area contributed by atoms with Crippen LogP contribution in [0.2, 0.25) is 0 Å². The van der Waals surface area contributed by atoms with Crippen LogP contribution in [0.4, 0.5) is 4.79 Å². The predicted octanol–water partition coefficient (Wildman–Crippen LogP) is 0.742. The van der Waals surface area contributed by atoms with E-state index in [2.05, 4.69) is 5.32 Å². The van der Waals surface area contributed by atoms with Crippen molar-refractivity contribution in [3.63, 3.8) is 0 Å². The Kier molecular flexibility index (Phi) is 5.93. The first-order valence-electron chi connectivity index (χ1n) is 6.42. The van der Waals surface area contributed by atoms with Gasteiger partial charge in [-0.2, -0.15) is 0 Å². The van der Waals surface area contributed by atoms with E-state index in [-0.39, 0.29) is 17.3 Å². The van der Waals surface area contributed by atoms with Crippen LogP contribution in [-0.4, -0.2) is 71.3 Å². The Balaban J connectivity index is 2.83. The first kappa shape index (κ1) is 16.1. The van der Waals surface area contributed by atoms with Crippen LogP contribution in [0.3, 0.4) is 0 Å². The lowest BCUT2D eigenvalue weighted by atomic mass is 10.1. The van der Waals surface area contributed by atoms with Gasteiger partial charge >= 0.3 is 12.0 Å². The Morgan fingerprint density at radius 3 is 2.63 bits per heavy atom. The third-order valence-corrected chi connectivity index (χ3v) is 4.76. The quantitative estimate of drug-likeness (QED) is 0.781. The predicted molar refractivity (Wildman–Crippen MR) is 76.3 cm³/mol. The molecule has 1 aliphatic rings. The molecule has 1 fully saturated rings. The van der Waals surface area contributed by atoms with Gasteiger partial charge in [0.25, 0.3) is 0 Å². The number of likely N-dealkylation sites (N-methyl/N-ethyl adjacent to an activating group) is 2. The molecule has 0 aliphatic carbocycles. The van der Waals surface area contributed by atoms with E-state index in [4.69, 9.17) is 0 Å². The molecule has 2 atom stereocenters. The Hall–Kier alpha value is -0.950. The topological polar surface area (TPSA) is 72.9 Å². The average Bonchev–Trinajstić information content (AvgIpc) is 2.79. The van der Waals surface area contributed by atoms with E-state index in [0.717, 1.165) is 0 Å². The van der Waals surface area contributed by atoms with Crippen LogP contribution in [0, 0.1) is 5.92 Å². The molecule has 0 spiro atoms. The van der Waals surface area contributed by atoms with Crippen LogP contribution >= 0.6 is 11.8 Å². The molecule has 0 bridgehead atoms. The van der Waals surface area contributed by atoms with Gasteiger partial charge in [0.2, 0.25) is 0 Å². The van der Waals surface area contributed by atoms with Crippen molar-refractivity contribution in [2.45, 2.75) is 25.3 Å². The maximum Gasteiger partial charge on any atom is 0.327 e. The molecule has 2 amide bonds. The lowest BCUT2D eigenvalue weighted by Gasteiger charge is -2.33. The highest BCUT2D eigenvalue weighted by molar-refractivity contribution is 8.00. The van der Waals surface area contributed by atoms with Gasteiger partial charge in [-0.25, -0.2) is 9.59 Å². The summed E-state index contributed by atoms with van der Waals surface area (Å²) in [7, 11) is 3.53. The van der Waals surface area contributed by atoms with Crippen LogP contribution in [-0.2, 0) is 4.79 Å².